The van der Waals surface area contributed by atoms with Gasteiger partial charge in [0.25, 0.3) is 0 Å². The average molecular weight is 440 g/mol. The molecule has 0 N–H and O–H groups in total. The van der Waals surface area contributed by atoms with E-state index in [4.69, 9.17) is 21.3 Å². The van der Waals surface area contributed by atoms with E-state index >= 15 is 0 Å². The number of rotatable bonds is 4. The number of thiophene rings is 1. The fourth-order valence-corrected chi connectivity index (χ4v) is 4.83. The first kappa shape index (κ1) is 18.4. The number of ether oxygens (including phenoxy) is 1. The minimum Gasteiger partial charge on any atom is -0.455 e. The number of benzene rings is 1. The van der Waals surface area contributed by atoms with Crippen molar-refractivity contribution in [2.75, 3.05) is 0 Å². The highest BCUT2D eigenvalue weighted by atomic mass is 35.5. The van der Waals surface area contributed by atoms with Crippen molar-refractivity contribution in [3.05, 3.63) is 73.5 Å². The van der Waals surface area contributed by atoms with Gasteiger partial charge in [-0.3, -0.25) is 0 Å². The largest absolute Gasteiger partial charge is 0.455 e. The number of fused-ring (bicyclic) bond motifs is 2. The number of esters is 1. The third kappa shape index (κ3) is 3.46. The lowest BCUT2D eigenvalue weighted by molar-refractivity contribution is 0.0469. The summed E-state index contributed by atoms with van der Waals surface area (Å²) in [6.45, 7) is -0.00250. The van der Waals surface area contributed by atoms with E-state index in [1.807, 2.05) is 30.3 Å². The zero-order valence-electron chi connectivity index (χ0n) is 15.1. The highest BCUT2D eigenvalue weighted by molar-refractivity contribution is 7.11. The van der Waals surface area contributed by atoms with Gasteiger partial charge in [0.05, 0.1) is 16.8 Å². The molecule has 0 aliphatic heterocycles. The zero-order chi connectivity index (χ0) is 19.8. The van der Waals surface area contributed by atoms with Crippen LogP contribution in [0.4, 0.5) is 0 Å². The third-order valence-corrected chi connectivity index (χ3v) is 6.66. The number of carbonyl (C=O) groups is 1. The van der Waals surface area contributed by atoms with Crippen LogP contribution in [-0.2, 0) is 17.8 Å². The lowest BCUT2D eigenvalue weighted by Gasteiger charge is -2.12. The second-order valence-corrected chi connectivity index (χ2v) is 8.92. The molecule has 1 aliphatic rings. The zero-order valence-corrected chi connectivity index (χ0v) is 17.5. The van der Waals surface area contributed by atoms with Crippen molar-refractivity contribution in [1.82, 2.24) is 14.6 Å². The van der Waals surface area contributed by atoms with Crippen LogP contribution in [0.2, 0.25) is 4.34 Å². The molecule has 1 aromatic carbocycles. The first-order valence-electron chi connectivity index (χ1n) is 9.00. The Labute approximate surface area is 179 Å². The Kier molecular flexibility index (Phi) is 4.87. The van der Waals surface area contributed by atoms with E-state index in [2.05, 4.69) is 27.1 Å². The molecule has 0 bridgehead atoms. The lowest BCUT2D eigenvalue weighted by Crippen LogP contribution is -2.11. The number of para-hydroxylation sites is 1. The summed E-state index contributed by atoms with van der Waals surface area (Å²) in [5, 5.41) is 6.76. The van der Waals surface area contributed by atoms with Crippen molar-refractivity contribution >= 4 is 63.0 Å². The van der Waals surface area contributed by atoms with Crippen LogP contribution in [-0.4, -0.2) is 20.5 Å². The average Bonchev–Trinajstić information content (AvgIpc) is 3.47. The van der Waals surface area contributed by atoms with E-state index < -0.39 is 0 Å². The fourth-order valence-electron chi connectivity index (χ4n) is 3.55. The number of hydrogen-bond donors (Lipinski definition) is 0. The van der Waals surface area contributed by atoms with Gasteiger partial charge in [-0.15, -0.1) is 16.4 Å². The van der Waals surface area contributed by atoms with Gasteiger partial charge in [-0.1, -0.05) is 40.4 Å². The Morgan fingerprint density at radius 3 is 2.90 bits per heavy atom. The van der Waals surface area contributed by atoms with Gasteiger partial charge in [-0.25, -0.2) is 9.78 Å². The molecule has 8 heteroatoms. The summed E-state index contributed by atoms with van der Waals surface area (Å²) in [5.74, 6) is -0.388. The van der Waals surface area contributed by atoms with E-state index in [9.17, 15) is 4.79 Å². The van der Waals surface area contributed by atoms with Crippen LogP contribution in [0.5, 0.6) is 0 Å². The van der Waals surface area contributed by atoms with Gasteiger partial charge in [-0.2, -0.15) is 0 Å². The van der Waals surface area contributed by atoms with E-state index in [0.29, 0.717) is 15.6 Å². The van der Waals surface area contributed by atoms with Gasteiger partial charge < -0.3 is 4.74 Å². The Hall–Kier alpha value is -2.61. The van der Waals surface area contributed by atoms with Gasteiger partial charge >= 0.3 is 5.97 Å². The van der Waals surface area contributed by atoms with Gasteiger partial charge in [0.15, 0.2) is 0 Å². The van der Waals surface area contributed by atoms with Crippen molar-refractivity contribution in [3.8, 4) is 0 Å². The molecule has 0 radical (unpaired) electrons. The SMILES string of the molecule is O=C(OCc1nnsc1Cl)c1c2c(nc3ccccc13)/C(=C/c1cccs1)CC2. The number of nitrogens with zero attached hydrogens (tertiary/aromatic N) is 3. The predicted octanol–water partition coefficient (Wildman–Crippen LogP) is 5.65. The van der Waals surface area contributed by atoms with Crippen molar-refractivity contribution in [3.63, 3.8) is 0 Å². The normalized spacial score (nSPS) is 14.4. The molecule has 3 aromatic heterocycles. The van der Waals surface area contributed by atoms with Crippen molar-refractivity contribution in [2.45, 2.75) is 19.4 Å². The summed E-state index contributed by atoms with van der Waals surface area (Å²) in [7, 11) is 0. The van der Waals surface area contributed by atoms with E-state index in [1.165, 1.54) is 4.88 Å². The molecule has 0 saturated heterocycles. The van der Waals surface area contributed by atoms with Crippen LogP contribution in [0.25, 0.3) is 22.6 Å². The number of hydrogen-bond acceptors (Lipinski definition) is 7. The monoisotopic (exact) mass is 439 g/mol. The van der Waals surface area contributed by atoms with E-state index in [-0.39, 0.29) is 12.6 Å². The van der Waals surface area contributed by atoms with Crippen LogP contribution in [0, 0.1) is 0 Å². The lowest BCUT2D eigenvalue weighted by atomic mass is 10.0. The minimum atomic E-state index is -0.388. The van der Waals surface area contributed by atoms with Crippen LogP contribution < -0.4 is 0 Å². The maximum absolute atomic E-state index is 13.1. The van der Waals surface area contributed by atoms with Gasteiger partial charge in [0.1, 0.15) is 16.6 Å². The fraction of sp³-hybridized carbons (Fsp3) is 0.143. The Morgan fingerprint density at radius 1 is 1.21 bits per heavy atom. The molecule has 0 fully saturated rings. The van der Waals surface area contributed by atoms with Crippen molar-refractivity contribution in [2.24, 2.45) is 0 Å². The van der Waals surface area contributed by atoms with Crippen LogP contribution in [0.1, 0.15) is 38.6 Å². The summed E-state index contributed by atoms with van der Waals surface area (Å²) in [4.78, 5) is 19.1. The highest BCUT2D eigenvalue weighted by Gasteiger charge is 2.28. The van der Waals surface area contributed by atoms with Crippen molar-refractivity contribution in [1.29, 1.82) is 0 Å². The highest BCUT2D eigenvalue weighted by Crippen LogP contribution is 2.38. The van der Waals surface area contributed by atoms with Gasteiger partial charge in [0.2, 0.25) is 0 Å². The molecule has 0 spiro atoms. The summed E-state index contributed by atoms with van der Waals surface area (Å²) >= 11 is 8.79. The Bertz CT molecular complexity index is 1250. The summed E-state index contributed by atoms with van der Waals surface area (Å²) in [6.07, 6.45) is 3.76. The molecule has 0 saturated carbocycles. The molecule has 0 amide bonds. The number of halogens is 1. The maximum Gasteiger partial charge on any atom is 0.339 e. The van der Waals surface area contributed by atoms with Gasteiger partial charge in [-0.05, 0) is 47.6 Å². The summed E-state index contributed by atoms with van der Waals surface area (Å²) in [5.41, 5.74) is 4.81. The second-order valence-electron chi connectivity index (χ2n) is 6.59. The Morgan fingerprint density at radius 2 is 2.10 bits per heavy atom. The molecular formula is C21H14ClN3O2S2. The van der Waals surface area contributed by atoms with Crippen LogP contribution >= 0.6 is 34.5 Å². The molecule has 29 heavy (non-hydrogen) atoms. The van der Waals surface area contributed by atoms with Gasteiger partial charge in [0, 0.05) is 21.8 Å². The van der Waals surface area contributed by atoms with E-state index in [1.54, 1.807) is 11.3 Å². The number of pyridine rings is 1. The van der Waals surface area contributed by atoms with E-state index in [0.717, 1.165) is 52.1 Å². The standard InChI is InChI=1S/C21H14ClN3O2S2/c22-20-17(24-25-29-20)11-27-21(26)18-14-5-1-2-6-16(14)23-19-12(7-8-15(18)19)10-13-4-3-9-28-13/h1-6,9-10H,7-8,11H2/b12-10+. The Balaban J connectivity index is 1.58. The number of aromatic nitrogens is 3. The molecule has 5 nitrogen and oxygen atoms in total. The molecule has 0 unspecified atom stereocenters. The molecule has 5 rings (SSSR count). The quantitative estimate of drug-likeness (QED) is 0.385. The first-order valence-corrected chi connectivity index (χ1v) is 11.0. The molecule has 144 valence electrons. The molecule has 3 heterocycles. The smallest absolute Gasteiger partial charge is 0.339 e. The topological polar surface area (TPSA) is 65.0 Å². The molecule has 1 aliphatic carbocycles. The number of carbonyl (C=O) groups excluding carboxylic acids is 1. The van der Waals surface area contributed by atoms with Crippen LogP contribution in [0.3, 0.4) is 0 Å². The molecular weight excluding hydrogens is 426 g/mol. The first-order chi connectivity index (χ1) is 14.2. The predicted molar refractivity (Wildman–Crippen MR) is 116 cm³/mol. The maximum atomic E-state index is 13.1. The molecule has 0 atom stereocenters. The summed E-state index contributed by atoms with van der Waals surface area (Å²) < 4.78 is 9.77. The molecule has 4 aromatic rings. The van der Waals surface area contributed by atoms with Crippen molar-refractivity contribution < 1.29 is 9.53 Å². The summed E-state index contributed by atoms with van der Waals surface area (Å²) in [6, 6.07) is 11.8. The minimum absolute atomic E-state index is 0.00250. The third-order valence-electron chi connectivity index (χ3n) is 4.85. The second kappa shape index (κ2) is 7.67. The van der Waals surface area contributed by atoms with Crippen LogP contribution in [0.15, 0.2) is 41.8 Å². The number of allylic oxidation sites excluding steroid dienone is 1.